The summed E-state index contributed by atoms with van der Waals surface area (Å²) in [4.78, 5) is 26.3. The van der Waals surface area contributed by atoms with Crippen molar-refractivity contribution in [3.05, 3.63) is 12.2 Å². The molecule has 0 saturated heterocycles. The Hall–Kier alpha value is -1.40. The van der Waals surface area contributed by atoms with Crippen molar-refractivity contribution < 1.29 is 24.5 Å². The highest BCUT2D eigenvalue weighted by Gasteiger charge is 2.24. The second-order valence-electron chi connectivity index (χ2n) is 20.8. The molecule has 1 amide bonds. The molecule has 3 N–H and O–H groups in total. The number of carbonyl (C=O) groups is 2. The molecule has 0 bridgehead atoms. The van der Waals surface area contributed by atoms with E-state index < -0.39 is 18.2 Å². The zero-order valence-electron chi connectivity index (χ0n) is 44.9. The van der Waals surface area contributed by atoms with Crippen LogP contribution in [0.1, 0.15) is 335 Å². The van der Waals surface area contributed by atoms with Gasteiger partial charge < -0.3 is 20.3 Å². The average molecular weight is 933 g/mol. The van der Waals surface area contributed by atoms with Crippen molar-refractivity contribution in [2.45, 2.75) is 354 Å². The summed E-state index contributed by atoms with van der Waals surface area (Å²) in [5, 5.41) is 23.9. The second kappa shape index (κ2) is 54.5. The molecule has 392 valence electrons. The molecule has 0 rings (SSSR count). The summed E-state index contributed by atoms with van der Waals surface area (Å²) in [6.07, 6.45) is 62.8. The van der Waals surface area contributed by atoms with Crippen molar-refractivity contribution in [1.82, 2.24) is 5.32 Å². The highest BCUT2D eigenvalue weighted by molar-refractivity contribution is 5.77. The van der Waals surface area contributed by atoms with Gasteiger partial charge in [0.15, 0.2) is 0 Å². The van der Waals surface area contributed by atoms with Gasteiger partial charge >= 0.3 is 5.97 Å². The summed E-state index contributed by atoms with van der Waals surface area (Å²) in [7, 11) is 0. The molecule has 0 aromatic rings. The van der Waals surface area contributed by atoms with Crippen molar-refractivity contribution in [3.8, 4) is 0 Å². The molecule has 0 aromatic carbocycles. The summed E-state index contributed by atoms with van der Waals surface area (Å²) < 4.78 is 5.97. The van der Waals surface area contributed by atoms with Crippen molar-refractivity contribution in [2.24, 2.45) is 0 Å². The van der Waals surface area contributed by atoms with Gasteiger partial charge in [-0.3, -0.25) is 9.59 Å². The third-order valence-electron chi connectivity index (χ3n) is 14.1. The highest BCUT2D eigenvalue weighted by Crippen LogP contribution is 2.19. The number of carbonyl (C=O) groups excluding carboxylic acids is 2. The zero-order valence-corrected chi connectivity index (χ0v) is 44.9. The summed E-state index contributed by atoms with van der Waals surface area (Å²) >= 11 is 0. The molecular formula is C60H117NO5. The first kappa shape index (κ1) is 64.6. The average Bonchev–Trinajstić information content (AvgIpc) is 3.31. The molecule has 0 radical (unpaired) electrons. The number of hydrogen-bond acceptors (Lipinski definition) is 5. The van der Waals surface area contributed by atoms with E-state index in [1.807, 2.05) is 0 Å². The van der Waals surface area contributed by atoms with Crippen LogP contribution in [0.2, 0.25) is 0 Å². The molecule has 0 aliphatic heterocycles. The fourth-order valence-electron chi connectivity index (χ4n) is 9.55. The Morgan fingerprint density at radius 3 is 1.08 bits per heavy atom. The van der Waals surface area contributed by atoms with E-state index in [-0.39, 0.29) is 24.9 Å². The maximum atomic E-state index is 13.3. The number of aliphatic hydroxyl groups is 2. The third kappa shape index (κ3) is 49.0. The minimum absolute atomic E-state index is 0.0848. The molecule has 0 heterocycles. The van der Waals surface area contributed by atoms with Gasteiger partial charge in [0.1, 0.15) is 6.10 Å². The predicted molar refractivity (Wildman–Crippen MR) is 287 cm³/mol. The Balaban J connectivity index is 4.42. The monoisotopic (exact) mass is 932 g/mol. The van der Waals surface area contributed by atoms with Crippen LogP contribution in [0, 0.1) is 0 Å². The van der Waals surface area contributed by atoms with E-state index in [1.165, 1.54) is 244 Å². The van der Waals surface area contributed by atoms with Crippen molar-refractivity contribution in [2.75, 3.05) is 6.61 Å². The molecule has 0 aliphatic carbocycles. The third-order valence-corrected chi connectivity index (χ3v) is 14.1. The largest absolute Gasteiger partial charge is 0.462 e. The fourth-order valence-corrected chi connectivity index (χ4v) is 9.55. The molecular weight excluding hydrogens is 815 g/mol. The second-order valence-corrected chi connectivity index (χ2v) is 20.8. The molecule has 0 spiro atoms. The molecule has 66 heavy (non-hydrogen) atoms. The number of unbranched alkanes of at least 4 members (excludes halogenated alkanes) is 41. The maximum Gasteiger partial charge on any atom is 0.306 e. The number of allylic oxidation sites excluding steroid dienone is 2. The van der Waals surface area contributed by atoms with Gasteiger partial charge in [0.05, 0.1) is 25.2 Å². The first-order valence-corrected chi connectivity index (χ1v) is 29.9. The first-order valence-electron chi connectivity index (χ1n) is 29.9. The van der Waals surface area contributed by atoms with E-state index in [0.717, 1.165) is 44.9 Å². The van der Waals surface area contributed by atoms with E-state index in [9.17, 15) is 19.8 Å². The standard InChI is InChI=1S/C60H117NO5/c1-4-7-10-13-16-19-22-25-27-29-30-31-33-35-38-41-44-47-50-53-60(65)66-56(51-48-45-42-39-36-24-21-18-15-12-9-6-3)54-59(64)61-57(55-62)58(63)52-49-46-43-40-37-34-32-28-26-23-20-17-14-11-8-5-2/h25,27,56-58,62-63H,4-24,26,28-55H2,1-3H3,(H,61,64)/b27-25+. The Morgan fingerprint density at radius 1 is 0.424 bits per heavy atom. The van der Waals surface area contributed by atoms with Crippen molar-refractivity contribution >= 4 is 11.9 Å². The fraction of sp³-hybridized carbons (Fsp3) is 0.933. The molecule has 0 aromatic heterocycles. The lowest BCUT2D eigenvalue weighted by molar-refractivity contribution is -0.151. The van der Waals surface area contributed by atoms with Gasteiger partial charge in [0.2, 0.25) is 5.91 Å². The van der Waals surface area contributed by atoms with Crippen molar-refractivity contribution in [1.29, 1.82) is 0 Å². The number of ether oxygens (including phenoxy) is 1. The van der Waals surface area contributed by atoms with Crippen LogP contribution in [-0.2, 0) is 14.3 Å². The summed E-state index contributed by atoms with van der Waals surface area (Å²) in [6.45, 7) is 6.53. The Morgan fingerprint density at radius 2 is 0.727 bits per heavy atom. The summed E-state index contributed by atoms with van der Waals surface area (Å²) in [5.74, 6) is -0.452. The van der Waals surface area contributed by atoms with E-state index in [0.29, 0.717) is 19.3 Å². The molecule has 3 unspecified atom stereocenters. The van der Waals surface area contributed by atoms with Crippen LogP contribution in [0.25, 0.3) is 0 Å². The lowest BCUT2D eigenvalue weighted by atomic mass is 10.0. The number of nitrogens with one attached hydrogen (secondary N) is 1. The van der Waals surface area contributed by atoms with Crippen LogP contribution in [0.4, 0.5) is 0 Å². The Kier molecular flexibility index (Phi) is 53.4. The van der Waals surface area contributed by atoms with E-state index in [2.05, 4.69) is 38.2 Å². The van der Waals surface area contributed by atoms with E-state index in [4.69, 9.17) is 4.74 Å². The lowest BCUT2D eigenvalue weighted by Crippen LogP contribution is -2.46. The normalized spacial score (nSPS) is 13.1. The molecule has 3 atom stereocenters. The van der Waals surface area contributed by atoms with Gasteiger partial charge in [-0.2, -0.15) is 0 Å². The quantitative estimate of drug-likeness (QED) is 0.0321. The molecule has 6 heteroatoms. The number of esters is 1. The van der Waals surface area contributed by atoms with Gasteiger partial charge in [0, 0.05) is 6.42 Å². The minimum Gasteiger partial charge on any atom is -0.462 e. The first-order chi connectivity index (χ1) is 32.5. The summed E-state index contributed by atoms with van der Waals surface area (Å²) in [5.41, 5.74) is 0. The zero-order chi connectivity index (χ0) is 48.1. The van der Waals surface area contributed by atoms with Gasteiger partial charge in [-0.15, -0.1) is 0 Å². The molecule has 6 nitrogen and oxygen atoms in total. The van der Waals surface area contributed by atoms with Gasteiger partial charge in [-0.05, 0) is 51.4 Å². The van der Waals surface area contributed by atoms with Gasteiger partial charge in [0.25, 0.3) is 0 Å². The minimum atomic E-state index is -0.783. The topological polar surface area (TPSA) is 95.9 Å². The Labute approximate surface area is 412 Å². The van der Waals surface area contributed by atoms with Crippen LogP contribution in [-0.4, -0.2) is 46.9 Å². The van der Waals surface area contributed by atoms with Crippen molar-refractivity contribution in [3.63, 3.8) is 0 Å². The van der Waals surface area contributed by atoms with E-state index in [1.54, 1.807) is 0 Å². The number of aliphatic hydroxyl groups excluding tert-OH is 2. The molecule has 0 fully saturated rings. The smallest absolute Gasteiger partial charge is 0.306 e. The van der Waals surface area contributed by atoms with Crippen LogP contribution in [0.3, 0.4) is 0 Å². The maximum absolute atomic E-state index is 13.3. The predicted octanol–water partition coefficient (Wildman–Crippen LogP) is 18.5. The molecule has 0 aliphatic rings. The van der Waals surface area contributed by atoms with Crippen LogP contribution in [0.5, 0.6) is 0 Å². The number of amides is 1. The van der Waals surface area contributed by atoms with Crippen LogP contribution < -0.4 is 5.32 Å². The van der Waals surface area contributed by atoms with Gasteiger partial charge in [-0.25, -0.2) is 0 Å². The van der Waals surface area contributed by atoms with Crippen LogP contribution >= 0.6 is 0 Å². The SMILES string of the molecule is CCCCCCCC/C=C/CCCCCCCCCCCC(=O)OC(CCCCCCCCCCCCCC)CC(=O)NC(CO)C(O)CCCCCCCCCCCCCCCCCC. The number of rotatable bonds is 55. The van der Waals surface area contributed by atoms with Crippen LogP contribution in [0.15, 0.2) is 12.2 Å². The molecule has 0 saturated carbocycles. The Bertz CT molecular complexity index is 1000. The lowest BCUT2D eigenvalue weighted by Gasteiger charge is -2.24. The highest BCUT2D eigenvalue weighted by atomic mass is 16.5. The van der Waals surface area contributed by atoms with Gasteiger partial charge in [-0.1, -0.05) is 283 Å². The van der Waals surface area contributed by atoms with E-state index >= 15 is 0 Å². The number of hydrogen-bond donors (Lipinski definition) is 3. The summed E-state index contributed by atoms with van der Waals surface area (Å²) in [6, 6.07) is -0.696.